The predicted octanol–water partition coefficient (Wildman–Crippen LogP) is -0.238. The van der Waals surface area contributed by atoms with Gasteiger partial charge < -0.3 is 19.9 Å². The van der Waals surface area contributed by atoms with Gasteiger partial charge in [0.25, 0.3) is 0 Å². The fourth-order valence-corrected chi connectivity index (χ4v) is 1.48. The Kier molecular flexibility index (Phi) is 5.31. The molecule has 0 saturated carbocycles. The molecule has 2 N–H and O–H groups in total. The maximum atomic E-state index is 8.45. The van der Waals surface area contributed by atoms with Crippen LogP contribution in [-0.4, -0.2) is 50.2 Å². The van der Waals surface area contributed by atoms with E-state index in [1.807, 2.05) is 0 Å². The summed E-state index contributed by atoms with van der Waals surface area (Å²) in [6.07, 6.45) is 1.40. The first-order valence-electron chi connectivity index (χ1n) is 4.88. The molecule has 2 atom stereocenters. The molecule has 0 radical (unpaired) electrons. The van der Waals surface area contributed by atoms with Gasteiger partial charge >= 0.3 is 0 Å². The van der Waals surface area contributed by atoms with Crippen molar-refractivity contribution in [2.24, 2.45) is 0 Å². The molecule has 0 bridgehead atoms. The standard InChI is InChI=1S/C9H19NO3/c1-8-9(2-5-13-8)10-3-6-12-7-4-11/h8-11H,2-7H2,1H3/t8-,9-/m0/s1. The van der Waals surface area contributed by atoms with E-state index in [0.29, 0.717) is 25.4 Å². The fourth-order valence-electron chi connectivity index (χ4n) is 1.48. The zero-order chi connectivity index (χ0) is 9.52. The van der Waals surface area contributed by atoms with Crippen LogP contribution in [0.25, 0.3) is 0 Å². The van der Waals surface area contributed by atoms with Crippen molar-refractivity contribution < 1.29 is 14.6 Å². The number of nitrogens with one attached hydrogen (secondary N) is 1. The third kappa shape index (κ3) is 4.04. The van der Waals surface area contributed by atoms with E-state index in [9.17, 15) is 0 Å². The van der Waals surface area contributed by atoms with Crippen LogP contribution in [0.4, 0.5) is 0 Å². The number of rotatable bonds is 6. The Balaban J connectivity index is 1.93. The molecule has 4 nitrogen and oxygen atoms in total. The summed E-state index contributed by atoms with van der Waals surface area (Å²) in [6.45, 7) is 4.96. The molecule has 0 aromatic heterocycles. The van der Waals surface area contributed by atoms with Crippen LogP contribution in [0, 0.1) is 0 Å². The molecule has 0 aromatic rings. The summed E-state index contributed by atoms with van der Waals surface area (Å²) in [6, 6.07) is 0.470. The zero-order valence-electron chi connectivity index (χ0n) is 8.16. The largest absolute Gasteiger partial charge is 0.394 e. The Morgan fingerprint density at radius 1 is 1.54 bits per heavy atom. The molecule has 1 aliphatic heterocycles. The van der Waals surface area contributed by atoms with Crippen molar-refractivity contribution >= 4 is 0 Å². The van der Waals surface area contributed by atoms with Gasteiger partial charge in [0.1, 0.15) is 0 Å². The fraction of sp³-hybridized carbons (Fsp3) is 1.00. The predicted molar refractivity (Wildman–Crippen MR) is 49.7 cm³/mol. The van der Waals surface area contributed by atoms with Gasteiger partial charge in [0, 0.05) is 19.2 Å². The second-order valence-corrected chi connectivity index (χ2v) is 3.26. The average Bonchev–Trinajstić information content (AvgIpc) is 2.52. The third-order valence-electron chi connectivity index (χ3n) is 2.26. The van der Waals surface area contributed by atoms with Crippen molar-refractivity contribution in [2.75, 3.05) is 33.0 Å². The number of aliphatic hydroxyl groups is 1. The van der Waals surface area contributed by atoms with Crippen molar-refractivity contribution in [1.29, 1.82) is 0 Å². The van der Waals surface area contributed by atoms with Crippen molar-refractivity contribution in [1.82, 2.24) is 5.32 Å². The molecule has 1 rings (SSSR count). The van der Waals surface area contributed by atoms with Gasteiger partial charge in [-0.15, -0.1) is 0 Å². The Morgan fingerprint density at radius 2 is 2.38 bits per heavy atom. The van der Waals surface area contributed by atoms with Gasteiger partial charge in [-0.05, 0) is 13.3 Å². The molecule has 1 aliphatic rings. The second-order valence-electron chi connectivity index (χ2n) is 3.26. The summed E-state index contributed by atoms with van der Waals surface area (Å²) in [7, 11) is 0. The van der Waals surface area contributed by atoms with E-state index in [0.717, 1.165) is 19.6 Å². The summed E-state index contributed by atoms with van der Waals surface area (Å²) in [5, 5.41) is 11.8. The van der Waals surface area contributed by atoms with Gasteiger partial charge in [0.05, 0.1) is 25.9 Å². The number of hydrogen-bond donors (Lipinski definition) is 2. The molecule has 0 aliphatic carbocycles. The lowest BCUT2D eigenvalue weighted by atomic mass is 10.1. The van der Waals surface area contributed by atoms with E-state index in [-0.39, 0.29) is 6.61 Å². The van der Waals surface area contributed by atoms with Gasteiger partial charge in [-0.3, -0.25) is 0 Å². The molecule has 1 heterocycles. The van der Waals surface area contributed by atoms with Gasteiger partial charge in [0.2, 0.25) is 0 Å². The highest BCUT2D eigenvalue weighted by atomic mass is 16.5. The summed E-state index contributed by atoms with van der Waals surface area (Å²) in [5.74, 6) is 0. The molecule has 0 unspecified atom stereocenters. The minimum atomic E-state index is 0.100. The minimum absolute atomic E-state index is 0.100. The first-order valence-corrected chi connectivity index (χ1v) is 4.88. The smallest absolute Gasteiger partial charge is 0.0700 e. The van der Waals surface area contributed by atoms with Crippen molar-refractivity contribution in [3.8, 4) is 0 Å². The molecular weight excluding hydrogens is 170 g/mol. The lowest BCUT2D eigenvalue weighted by Gasteiger charge is -2.15. The van der Waals surface area contributed by atoms with E-state index < -0.39 is 0 Å². The summed E-state index contributed by atoms with van der Waals surface area (Å²) >= 11 is 0. The number of aliphatic hydroxyl groups excluding tert-OH is 1. The molecule has 1 saturated heterocycles. The van der Waals surface area contributed by atoms with E-state index in [4.69, 9.17) is 14.6 Å². The van der Waals surface area contributed by atoms with Gasteiger partial charge in [-0.2, -0.15) is 0 Å². The Morgan fingerprint density at radius 3 is 3.00 bits per heavy atom. The normalized spacial score (nSPS) is 28.2. The minimum Gasteiger partial charge on any atom is -0.394 e. The van der Waals surface area contributed by atoms with E-state index in [1.54, 1.807) is 0 Å². The van der Waals surface area contributed by atoms with Gasteiger partial charge in [0.15, 0.2) is 0 Å². The molecule has 0 aromatic carbocycles. The van der Waals surface area contributed by atoms with E-state index >= 15 is 0 Å². The maximum absolute atomic E-state index is 8.45. The summed E-state index contributed by atoms with van der Waals surface area (Å²) in [5.41, 5.74) is 0. The molecule has 4 heteroatoms. The topological polar surface area (TPSA) is 50.7 Å². The second kappa shape index (κ2) is 6.32. The zero-order valence-corrected chi connectivity index (χ0v) is 8.16. The van der Waals surface area contributed by atoms with Crippen LogP contribution in [0.5, 0.6) is 0 Å². The van der Waals surface area contributed by atoms with Crippen LogP contribution in [0.1, 0.15) is 13.3 Å². The average molecular weight is 189 g/mol. The highest BCUT2D eigenvalue weighted by molar-refractivity contribution is 4.78. The lowest BCUT2D eigenvalue weighted by molar-refractivity contribution is 0.0864. The van der Waals surface area contributed by atoms with Crippen LogP contribution in [-0.2, 0) is 9.47 Å². The Bertz CT molecular complexity index is 132. The third-order valence-corrected chi connectivity index (χ3v) is 2.26. The maximum Gasteiger partial charge on any atom is 0.0700 e. The van der Waals surface area contributed by atoms with Crippen molar-refractivity contribution in [3.05, 3.63) is 0 Å². The Hall–Kier alpha value is -0.160. The monoisotopic (exact) mass is 189 g/mol. The van der Waals surface area contributed by atoms with Gasteiger partial charge in [-0.1, -0.05) is 0 Å². The highest BCUT2D eigenvalue weighted by Gasteiger charge is 2.22. The first kappa shape index (κ1) is 10.9. The molecule has 1 fully saturated rings. The van der Waals surface area contributed by atoms with Crippen molar-refractivity contribution in [3.63, 3.8) is 0 Å². The van der Waals surface area contributed by atoms with E-state index in [1.165, 1.54) is 0 Å². The summed E-state index contributed by atoms with van der Waals surface area (Å²) in [4.78, 5) is 0. The van der Waals surface area contributed by atoms with Crippen LogP contribution >= 0.6 is 0 Å². The van der Waals surface area contributed by atoms with Gasteiger partial charge in [-0.25, -0.2) is 0 Å². The van der Waals surface area contributed by atoms with Crippen LogP contribution in [0.3, 0.4) is 0 Å². The Labute approximate surface area is 79.2 Å². The van der Waals surface area contributed by atoms with Crippen molar-refractivity contribution in [2.45, 2.75) is 25.5 Å². The van der Waals surface area contributed by atoms with Crippen LogP contribution < -0.4 is 5.32 Å². The molecule has 0 amide bonds. The SMILES string of the molecule is C[C@@H]1OCC[C@@H]1NCCOCCO. The van der Waals surface area contributed by atoms with Crippen LogP contribution in [0.2, 0.25) is 0 Å². The molecule has 78 valence electrons. The molecular formula is C9H19NO3. The summed E-state index contributed by atoms with van der Waals surface area (Å²) < 4.78 is 10.5. The highest BCUT2D eigenvalue weighted by Crippen LogP contribution is 2.11. The number of ether oxygens (including phenoxy) is 2. The first-order chi connectivity index (χ1) is 6.34. The van der Waals surface area contributed by atoms with Crippen LogP contribution in [0.15, 0.2) is 0 Å². The lowest BCUT2D eigenvalue weighted by Crippen LogP contribution is -2.36. The quantitative estimate of drug-likeness (QED) is 0.566. The molecule has 0 spiro atoms. The molecule has 13 heavy (non-hydrogen) atoms. The number of hydrogen-bond acceptors (Lipinski definition) is 4. The van der Waals surface area contributed by atoms with E-state index in [2.05, 4.69) is 12.2 Å².